The number of carbonyl (C=O) groups is 1. The molecule has 1 aromatic heterocycles. The van der Waals surface area contributed by atoms with Gasteiger partial charge in [-0.2, -0.15) is 5.10 Å². The minimum absolute atomic E-state index is 0.140. The molecule has 0 aliphatic heterocycles. The summed E-state index contributed by atoms with van der Waals surface area (Å²) in [5.74, 6) is 0.300. The first kappa shape index (κ1) is 11.7. The van der Waals surface area contributed by atoms with E-state index < -0.39 is 0 Å². The fourth-order valence-electron chi connectivity index (χ4n) is 1.07. The predicted molar refractivity (Wildman–Crippen MR) is 56.4 cm³/mol. The molecule has 1 heterocycles. The molecule has 1 N–H and O–H groups in total. The van der Waals surface area contributed by atoms with Gasteiger partial charge in [-0.1, -0.05) is 13.8 Å². The Kier molecular flexibility index (Phi) is 4.30. The van der Waals surface area contributed by atoms with Gasteiger partial charge in [0.15, 0.2) is 0 Å². The second-order valence-electron chi connectivity index (χ2n) is 3.76. The first-order chi connectivity index (χ1) is 7.13. The first-order valence-corrected chi connectivity index (χ1v) is 4.94. The number of hydrogen-bond acceptors (Lipinski definition) is 3. The van der Waals surface area contributed by atoms with Gasteiger partial charge in [0.1, 0.15) is 12.4 Å². The summed E-state index contributed by atoms with van der Waals surface area (Å²) in [6.07, 6.45) is 1.72. The smallest absolute Gasteiger partial charge is 0.271 e. The maximum atomic E-state index is 11.5. The van der Waals surface area contributed by atoms with E-state index in [0.717, 1.165) is 0 Å². The maximum absolute atomic E-state index is 11.5. The molecule has 0 radical (unpaired) electrons. The lowest BCUT2D eigenvalue weighted by molar-refractivity contribution is 0.0936. The number of nitrogens with one attached hydrogen (secondary N) is 1. The maximum Gasteiger partial charge on any atom is 0.271 e. The van der Waals surface area contributed by atoms with E-state index in [9.17, 15) is 4.79 Å². The van der Waals surface area contributed by atoms with Crippen LogP contribution >= 0.6 is 0 Å². The van der Waals surface area contributed by atoms with Gasteiger partial charge in [0.25, 0.3) is 5.91 Å². The highest BCUT2D eigenvalue weighted by molar-refractivity contribution is 5.92. The van der Waals surface area contributed by atoms with Crippen molar-refractivity contribution in [2.75, 3.05) is 13.7 Å². The van der Waals surface area contributed by atoms with Gasteiger partial charge >= 0.3 is 0 Å². The lowest BCUT2D eigenvalue weighted by Gasteiger charge is -2.05. The zero-order valence-corrected chi connectivity index (χ0v) is 9.36. The third kappa shape index (κ3) is 3.71. The van der Waals surface area contributed by atoms with Crippen LogP contribution in [0.3, 0.4) is 0 Å². The number of aromatic nitrogens is 2. The molecule has 0 atom stereocenters. The van der Waals surface area contributed by atoms with Crippen LogP contribution in [0.25, 0.3) is 0 Å². The van der Waals surface area contributed by atoms with E-state index in [1.54, 1.807) is 24.1 Å². The van der Waals surface area contributed by atoms with Gasteiger partial charge in [-0.05, 0) is 12.0 Å². The van der Waals surface area contributed by atoms with Crippen LogP contribution < -0.4 is 5.32 Å². The molecule has 0 fully saturated rings. The Labute approximate surface area is 89.4 Å². The van der Waals surface area contributed by atoms with E-state index in [2.05, 4.69) is 10.4 Å². The van der Waals surface area contributed by atoms with Gasteiger partial charge in [-0.25, -0.2) is 4.68 Å². The Balaban J connectivity index is 2.50. The van der Waals surface area contributed by atoms with E-state index in [1.165, 1.54) is 0 Å². The van der Waals surface area contributed by atoms with E-state index >= 15 is 0 Å². The van der Waals surface area contributed by atoms with Gasteiger partial charge in [0, 0.05) is 19.9 Å². The van der Waals surface area contributed by atoms with Crippen molar-refractivity contribution in [3.8, 4) is 0 Å². The van der Waals surface area contributed by atoms with E-state index in [-0.39, 0.29) is 5.91 Å². The van der Waals surface area contributed by atoms with Gasteiger partial charge in [-0.15, -0.1) is 0 Å². The lowest BCUT2D eigenvalue weighted by atomic mass is 10.2. The minimum Gasteiger partial charge on any atom is -0.362 e. The summed E-state index contributed by atoms with van der Waals surface area (Å²) in [7, 11) is 1.58. The normalized spacial score (nSPS) is 10.7. The third-order valence-corrected chi connectivity index (χ3v) is 1.81. The third-order valence-electron chi connectivity index (χ3n) is 1.81. The van der Waals surface area contributed by atoms with Crippen LogP contribution in [-0.2, 0) is 11.5 Å². The molecule has 0 saturated heterocycles. The quantitative estimate of drug-likeness (QED) is 0.786. The number of carbonyl (C=O) groups excluding carboxylic acids is 1. The Morgan fingerprint density at radius 3 is 3.00 bits per heavy atom. The number of hydrogen-bond donors (Lipinski definition) is 1. The highest BCUT2D eigenvalue weighted by Crippen LogP contribution is 1.97. The molecule has 5 nitrogen and oxygen atoms in total. The molecule has 1 aromatic rings. The summed E-state index contributed by atoms with van der Waals surface area (Å²) in [4.78, 5) is 11.5. The molecule has 0 unspecified atom stereocenters. The first-order valence-electron chi connectivity index (χ1n) is 4.94. The number of amides is 1. The van der Waals surface area contributed by atoms with E-state index in [4.69, 9.17) is 4.74 Å². The summed E-state index contributed by atoms with van der Waals surface area (Å²) in [5.41, 5.74) is 0.424. The summed E-state index contributed by atoms with van der Waals surface area (Å²) in [5, 5.41) is 6.86. The SMILES string of the molecule is COCn1ccc(C(=O)NCC(C)C)n1. The number of methoxy groups -OCH3 is 1. The summed E-state index contributed by atoms with van der Waals surface area (Å²) < 4.78 is 6.46. The molecular weight excluding hydrogens is 194 g/mol. The van der Waals surface area contributed by atoms with Crippen molar-refractivity contribution >= 4 is 5.91 Å². The molecule has 5 heteroatoms. The lowest BCUT2D eigenvalue weighted by Crippen LogP contribution is -2.27. The van der Waals surface area contributed by atoms with Gasteiger partial charge in [0.2, 0.25) is 0 Å². The van der Waals surface area contributed by atoms with Crippen LogP contribution in [0.2, 0.25) is 0 Å². The molecule has 0 aliphatic rings. The Morgan fingerprint density at radius 1 is 1.67 bits per heavy atom. The molecule has 0 saturated carbocycles. The average Bonchev–Trinajstić information content (AvgIpc) is 2.63. The zero-order valence-electron chi connectivity index (χ0n) is 9.36. The largest absolute Gasteiger partial charge is 0.362 e. The summed E-state index contributed by atoms with van der Waals surface area (Å²) in [6.45, 7) is 5.11. The molecular formula is C10H17N3O2. The van der Waals surface area contributed by atoms with Crippen molar-refractivity contribution in [3.63, 3.8) is 0 Å². The fourth-order valence-corrected chi connectivity index (χ4v) is 1.07. The minimum atomic E-state index is -0.140. The van der Waals surface area contributed by atoms with Gasteiger partial charge < -0.3 is 10.1 Å². The average molecular weight is 211 g/mol. The Hall–Kier alpha value is -1.36. The molecule has 0 bridgehead atoms. The van der Waals surface area contributed by atoms with E-state index in [1.807, 2.05) is 13.8 Å². The number of ether oxygens (including phenoxy) is 1. The fraction of sp³-hybridized carbons (Fsp3) is 0.600. The Morgan fingerprint density at radius 2 is 2.40 bits per heavy atom. The van der Waals surface area contributed by atoms with Crippen molar-refractivity contribution in [1.29, 1.82) is 0 Å². The standard InChI is InChI=1S/C10H17N3O2/c1-8(2)6-11-10(14)9-4-5-13(12-9)7-15-3/h4-5,8H,6-7H2,1-3H3,(H,11,14). The molecule has 1 rings (SSSR count). The second kappa shape index (κ2) is 5.50. The molecule has 15 heavy (non-hydrogen) atoms. The summed E-state index contributed by atoms with van der Waals surface area (Å²) >= 11 is 0. The molecule has 0 spiro atoms. The molecule has 1 amide bonds. The molecule has 84 valence electrons. The van der Waals surface area contributed by atoms with Crippen LogP contribution in [0, 0.1) is 5.92 Å². The van der Waals surface area contributed by atoms with Crippen LogP contribution in [0.5, 0.6) is 0 Å². The van der Waals surface area contributed by atoms with Crippen molar-refractivity contribution in [2.24, 2.45) is 5.92 Å². The van der Waals surface area contributed by atoms with Crippen LogP contribution in [0.1, 0.15) is 24.3 Å². The Bertz CT molecular complexity index is 320. The predicted octanol–water partition coefficient (Wildman–Crippen LogP) is 0.873. The van der Waals surface area contributed by atoms with Crippen LogP contribution in [0.15, 0.2) is 12.3 Å². The number of nitrogens with zero attached hydrogens (tertiary/aromatic N) is 2. The highest BCUT2D eigenvalue weighted by atomic mass is 16.5. The monoisotopic (exact) mass is 211 g/mol. The molecule has 0 aliphatic carbocycles. The van der Waals surface area contributed by atoms with Crippen LogP contribution in [-0.4, -0.2) is 29.3 Å². The van der Waals surface area contributed by atoms with E-state index in [0.29, 0.717) is 24.9 Å². The van der Waals surface area contributed by atoms with Crippen molar-refractivity contribution in [2.45, 2.75) is 20.6 Å². The van der Waals surface area contributed by atoms with Crippen molar-refractivity contribution in [3.05, 3.63) is 18.0 Å². The van der Waals surface area contributed by atoms with Crippen molar-refractivity contribution in [1.82, 2.24) is 15.1 Å². The second-order valence-corrected chi connectivity index (χ2v) is 3.76. The van der Waals surface area contributed by atoms with Crippen molar-refractivity contribution < 1.29 is 9.53 Å². The van der Waals surface area contributed by atoms with Gasteiger partial charge in [-0.3, -0.25) is 4.79 Å². The van der Waals surface area contributed by atoms with Gasteiger partial charge in [0.05, 0.1) is 0 Å². The zero-order chi connectivity index (χ0) is 11.3. The molecule has 0 aromatic carbocycles. The number of rotatable bonds is 5. The topological polar surface area (TPSA) is 56.1 Å². The summed E-state index contributed by atoms with van der Waals surface area (Å²) in [6, 6.07) is 1.68. The van der Waals surface area contributed by atoms with Crippen LogP contribution in [0.4, 0.5) is 0 Å². The highest BCUT2D eigenvalue weighted by Gasteiger charge is 2.08.